The highest BCUT2D eigenvalue weighted by molar-refractivity contribution is 5.98. The first-order valence-corrected chi connectivity index (χ1v) is 5.96. The van der Waals surface area contributed by atoms with Crippen LogP contribution in [0, 0.1) is 11.6 Å². The Morgan fingerprint density at radius 1 is 1.15 bits per heavy atom. The van der Waals surface area contributed by atoms with E-state index >= 15 is 0 Å². The SMILES string of the molecule is C/C(=N/O)c1ccc(OCc2cc(F)ccc2F)cc1. The molecule has 0 bridgehead atoms. The van der Waals surface area contributed by atoms with Gasteiger partial charge in [0.2, 0.25) is 0 Å². The Balaban J connectivity index is 2.06. The second-order valence-corrected chi connectivity index (χ2v) is 4.23. The molecule has 20 heavy (non-hydrogen) atoms. The summed E-state index contributed by atoms with van der Waals surface area (Å²) in [6.45, 7) is 1.61. The molecule has 0 saturated carbocycles. The molecular weight excluding hydrogens is 264 g/mol. The van der Waals surface area contributed by atoms with Crippen molar-refractivity contribution in [3.05, 3.63) is 65.2 Å². The van der Waals surface area contributed by atoms with Crippen molar-refractivity contribution >= 4 is 5.71 Å². The quantitative estimate of drug-likeness (QED) is 0.525. The van der Waals surface area contributed by atoms with Gasteiger partial charge in [-0.15, -0.1) is 0 Å². The molecule has 0 aliphatic rings. The van der Waals surface area contributed by atoms with Crippen LogP contribution in [-0.2, 0) is 6.61 Å². The maximum Gasteiger partial charge on any atom is 0.130 e. The van der Waals surface area contributed by atoms with Crippen molar-refractivity contribution in [1.29, 1.82) is 0 Å². The van der Waals surface area contributed by atoms with Crippen molar-refractivity contribution in [1.82, 2.24) is 0 Å². The molecule has 0 spiro atoms. The van der Waals surface area contributed by atoms with Crippen molar-refractivity contribution in [3.8, 4) is 5.75 Å². The number of benzene rings is 2. The van der Waals surface area contributed by atoms with Gasteiger partial charge in [0.05, 0.1) is 5.71 Å². The number of halogens is 2. The van der Waals surface area contributed by atoms with Gasteiger partial charge < -0.3 is 9.94 Å². The predicted molar refractivity (Wildman–Crippen MR) is 71.1 cm³/mol. The summed E-state index contributed by atoms with van der Waals surface area (Å²) >= 11 is 0. The Kier molecular flexibility index (Phi) is 4.30. The summed E-state index contributed by atoms with van der Waals surface area (Å²) in [5.41, 5.74) is 1.38. The Hall–Kier alpha value is -2.43. The monoisotopic (exact) mass is 277 g/mol. The summed E-state index contributed by atoms with van der Waals surface area (Å²) in [7, 11) is 0. The molecule has 0 saturated heterocycles. The summed E-state index contributed by atoms with van der Waals surface area (Å²) in [6.07, 6.45) is 0. The lowest BCUT2D eigenvalue weighted by molar-refractivity contribution is 0.299. The summed E-state index contributed by atoms with van der Waals surface area (Å²) in [4.78, 5) is 0. The van der Waals surface area contributed by atoms with E-state index in [0.29, 0.717) is 11.5 Å². The molecule has 1 N–H and O–H groups in total. The van der Waals surface area contributed by atoms with E-state index < -0.39 is 11.6 Å². The predicted octanol–water partition coefficient (Wildman–Crippen LogP) is 3.74. The molecule has 3 nitrogen and oxygen atoms in total. The highest BCUT2D eigenvalue weighted by Crippen LogP contribution is 2.16. The van der Waals surface area contributed by atoms with Crippen molar-refractivity contribution in [3.63, 3.8) is 0 Å². The average Bonchev–Trinajstić information content (AvgIpc) is 2.48. The lowest BCUT2D eigenvalue weighted by atomic mass is 10.1. The normalized spacial score (nSPS) is 11.4. The zero-order chi connectivity index (χ0) is 14.5. The van der Waals surface area contributed by atoms with Gasteiger partial charge in [-0.2, -0.15) is 0 Å². The number of oxime groups is 1. The molecule has 0 heterocycles. The molecule has 0 aliphatic heterocycles. The minimum atomic E-state index is -0.508. The molecular formula is C15H13F2NO2. The van der Waals surface area contributed by atoms with E-state index in [-0.39, 0.29) is 12.2 Å². The van der Waals surface area contributed by atoms with E-state index in [0.717, 1.165) is 23.8 Å². The largest absolute Gasteiger partial charge is 0.489 e. The van der Waals surface area contributed by atoms with Crippen LogP contribution in [0.1, 0.15) is 18.1 Å². The van der Waals surface area contributed by atoms with Crippen LogP contribution in [0.3, 0.4) is 0 Å². The van der Waals surface area contributed by atoms with Crippen LogP contribution in [0.2, 0.25) is 0 Å². The second kappa shape index (κ2) is 6.14. The van der Waals surface area contributed by atoms with E-state index in [1.165, 1.54) is 0 Å². The molecule has 0 unspecified atom stereocenters. The molecule has 0 aromatic heterocycles. The molecule has 2 aromatic carbocycles. The third-order valence-electron chi connectivity index (χ3n) is 2.82. The highest BCUT2D eigenvalue weighted by atomic mass is 19.1. The lowest BCUT2D eigenvalue weighted by Gasteiger charge is -2.08. The smallest absolute Gasteiger partial charge is 0.130 e. The topological polar surface area (TPSA) is 41.8 Å². The standard InChI is InChI=1S/C15H13F2NO2/c1-10(18-19)11-2-5-14(6-3-11)20-9-12-8-13(16)4-7-15(12)17/h2-8,19H,9H2,1H3/b18-10-. The first-order valence-electron chi connectivity index (χ1n) is 5.96. The van der Waals surface area contributed by atoms with Crippen LogP contribution in [0.25, 0.3) is 0 Å². The highest BCUT2D eigenvalue weighted by Gasteiger charge is 2.05. The maximum absolute atomic E-state index is 13.4. The van der Waals surface area contributed by atoms with Crippen molar-refractivity contribution in [2.24, 2.45) is 5.16 Å². The van der Waals surface area contributed by atoms with Gasteiger partial charge in [-0.25, -0.2) is 8.78 Å². The number of hydrogen-bond acceptors (Lipinski definition) is 3. The van der Waals surface area contributed by atoms with Crippen LogP contribution in [-0.4, -0.2) is 10.9 Å². The zero-order valence-corrected chi connectivity index (χ0v) is 10.8. The number of nitrogens with zero attached hydrogens (tertiary/aromatic N) is 1. The van der Waals surface area contributed by atoms with E-state index in [1.807, 2.05) is 0 Å². The maximum atomic E-state index is 13.4. The molecule has 2 aromatic rings. The minimum absolute atomic E-state index is 0.0595. The van der Waals surface area contributed by atoms with Crippen molar-refractivity contribution in [2.75, 3.05) is 0 Å². The third kappa shape index (κ3) is 3.32. The van der Waals surface area contributed by atoms with Gasteiger partial charge in [0.1, 0.15) is 24.0 Å². The molecule has 0 amide bonds. The third-order valence-corrected chi connectivity index (χ3v) is 2.82. The molecule has 0 aliphatic carbocycles. The van der Waals surface area contributed by atoms with Gasteiger partial charge in [-0.1, -0.05) is 5.16 Å². The van der Waals surface area contributed by atoms with Crippen LogP contribution in [0.5, 0.6) is 5.75 Å². The van der Waals surface area contributed by atoms with Gasteiger partial charge in [0.25, 0.3) is 0 Å². The van der Waals surface area contributed by atoms with Crippen molar-refractivity contribution in [2.45, 2.75) is 13.5 Å². The van der Waals surface area contributed by atoms with Gasteiger partial charge in [0.15, 0.2) is 0 Å². The zero-order valence-electron chi connectivity index (χ0n) is 10.8. The number of hydrogen-bond donors (Lipinski definition) is 1. The van der Waals surface area contributed by atoms with Crippen LogP contribution in [0.4, 0.5) is 8.78 Å². The van der Waals surface area contributed by atoms with Crippen LogP contribution in [0.15, 0.2) is 47.6 Å². The molecule has 0 fully saturated rings. The summed E-state index contributed by atoms with van der Waals surface area (Å²) in [5, 5.41) is 11.7. The average molecular weight is 277 g/mol. The van der Waals surface area contributed by atoms with Gasteiger partial charge in [0, 0.05) is 5.56 Å². The lowest BCUT2D eigenvalue weighted by Crippen LogP contribution is -2.00. The second-order valence-electron chi connectivity index (χ2n) is 4.23. The summed E-state index contributed by atoms with van der Waals surface area (Å²) < 4.78 is 31.8. The molecule has 104 valence electrons. The van der Waals surface area contributed by atoms with Gasteiger partial charge in [-0.05, 0) is 55.0 Å². The Morgan fingerprint density at radius 2 is 1.85 bits per heavy atom. The summed E-state index contributed by atoms with van der Waals surface area (Å²) in [5.74, 6) is -0.496. The molecule has 0 radical (unpaired) electrons. The van der Waals surface area contributed by atoms with Gasteiger partial charge in [-0.3, -0.25) is 0 Å². The van der Waals surface area contributed by atoms with Gasteiger partial charge >= 0.3 is 0 Å². The summed E-state index contributed by atoms with van der Waals surface area (Å²) in [6, 6.07) is 10.00. The Labute approximate surface area is 115 Å². The van der Waals surface area contributed by atoms with E-state index in [4.69, 9.17) is 9.94 Å². The van der Waals surface area contributed by atoms with E-state index in [2.05, 4.69) is 5.16 Å². The van der Waals surface area contributed by atoms with Crippen LogP contribution >= 0.6 is 0 Å². The molecule has 5 heteroatoms. The van der Waals surface area contributed by atoms with Crippen LogP contribution < -0.4 is 4.74 Å². The Bertz CT molecular complexity index is 624. The Morgan fingerprint density at radius 3 is 2.50 bits per heavy atom. The minimum Gasteiger partial charge on any atom is -0.489 e. The first kappa shape index (κ1) is 14.0. The van der Waals surface area contributed by atoms with Crippen molar-refractivity contribution < 1.29 is 18.7 Å². The molecule has 0 atom stereocenters. The fourth-order valence-corrected chi connectivity index (χ4v) is 1.67. The number of rotatable bonds is 4. The van der Waals surface area contributed by atoms with E-state index in [1.54, 1.807) is 31.2 Å². The number of ether oxygens (including phenoxy) is 1. The van der Waals surface area contributed by atoms with E-state index in [9.17, 15) is 8.78 Å². The fraction of sp³-hybridized carbons (Fsp3) is 0.133. The molecule has 2 rings (SSSR count). The first-order chi connectivity index (χ1) is 9.60. The fourth-order valence-electron chi connectivity index (χ4n) is 1.67.